The summed E-state index contributed by atoms with van der Waals surface area (Å²) < 4.78 is 5.48. The molecule has 2 saturated carbocycles. The number of nitrogens with zero attached hydrogens (tertiary/aromatic N) is 1. The van der Waals surface area contributed by atoms with E-state index in [2.05, 4.69) is 30.4 Å². The highest BCUT2D eigenvalue weighted by Gasteiger charge is 2.54. The molecule has 1 aromatic rings. The first-order valence-corrected chi connectivity index (χ1v) is 13.7. The number of methoxy groups -OCH3 is 1. The van der Waals surface area contributed by atoms with Crippen LogP contribution in [0.4, 0.5) is 0 Å². The lowest BCUT2D eigenvalue weighted by Gasteiger charge is -2.51. The van der Waals surface area contributed by atoms with Crippen LogP contribution in [-0.2, 0) is 16.0 Å². The Morgan fingerprint density at radius 1 is 1.00 bits per heavy atom. The van der Waals surface area contributed by atoms with Gasteiger partial charge < -0.3 is 10.1 Å². The Bertz CT molecular complexity index is 899. The number of hydrogen-bond acceptors (Lipinski definition) is 4. The molecular formula is C29H42N2O3. The van der Waals surface area contributed by atoms with E-state index in [1.54, 1.807) is 12.7 Å². The molecule has 5 nitrogen and oxygen atoms in total. The lowest BCUT2D eigenvalue weighted by Crippen LogP contribution is -2.48. The molecule has 0 radical (unpaired) electrons. The number of ether oxygens (including phenoxy) is 1. The number of rotatable bonds is 9. The van der Waals surface area contributed by atoms with Gasteiger partial charge in [0.05, 0.1) is 7.11 Å². The Labute approximate surface area is 205 Å². The van der Waals surface area contributed by atoms with Crippen LogP contribution < -0.4 is 10.1 Å². The average Bonchev–Trinajstić information content (AvgIpc) is 3.36. The van der Waals surface area contributed by atoms with Gasteiger partial charge in [0, 0.05) is 25.4 Å². The topological polar surface area (TPSA) is 58.6 Å². The molecule has 186 valence electrons. The van der Waals surface area contributed by atoms with Gasteiger partial charge in [0.25, 0.3) is 0 Å². The molecule has 5 atom stereocenters. The number of likely N-dealkylation sites (tertiary alicyclic amines) is 1. The molecule has 4 aliphatic rings. The molecule has 3 aliphatic carbocycles. The number of unbranched alkanes of at least 4 members (excludes halogenated alkanes) is 3. The maximum atomic E-state index is 11.7. The van der Waals surface area contributed by atoms with Crippen LogP contribution in [0, 0.1) is 17.3 Å². The molecular weight excluding hydrogens is 424 g/mol. The van der Waals surface area contributed by atoms with Crippen LogP contribution in [0.2, 0.25) is 0 Å². The summed E-state index contributed by atoms with van der Waals surface area (Å²) in [4.78, 5) is 24.9. The highest BCUT2D eigenvalue weighted by Crippen LogP contribution is 2.61. The van der Waals surface area contributed by atoms with Crippen molar-refractivity contribution >= 4 is 11.8 Å². The fourth-order valence-electron chi connectivity index (χ4n) is 7.92. The average molecular weight is 467 g/mol. The number of benzene rings is 1. The highest BCUT2D eigenvalue weighted by atomic mass is 16.5. The van der Waals surface area contributed by atoms with Crippen molar-refractivity contribution in [2.24, 2.45) is 17.3 Å². The van der Waals surface area contributed by atoms with E-state index in [1.165, 1.54) is 61.8 Å². The minimum atomic E-state index is 0.0200. The molecule has 0 aromatic heterocycles. The van der Waals surface area contributed by atoms with Gasteiger partial charge in [0.1, 0.15) is 5.75 Å². The van der Waals surface area contributed by atoms with Crippen molar-refractivity contribution < 1.29 is 14.3 Å². The Morgan fingerprint density at radius 3 is 2.59 bits per heavy atom. The first-order valence-electron chi connectivity index (χ1n) is 13.7. The Kier molecular flexibility index (Phi) is 7.02. The number of aryl methyl sites for hydroxylation is 1. The second-order valence-electron chi connectivity index (χ2n) is 11.5. The maximum Gasteiger partial charge on any atom is 0.229 e. The van der Waals surface area contributed by atoms with E-state index in [-0.39, 0.29) is 11.8 Å². The van der Waals surface area contributed by atoms with E-state index >= 15 is 0 Å². The third-order valence-electron chi connectivity index (χ3n) is 9.79. The summed E-state index contributed by atoms with van der Waals surface area (Å²) in [7, 11) is 1.77. The van der Waals surface area contributed by atoms with Crippen molar-refractivity contribution in [1.29, 1.82) is 0 Å². The number of carbonyl (C=O) groups is 2. The third-order valence-corrected chi connectivity index (χ3v) is 9.79. The summed E-state index contributed by atoms with van der Waals surface area (Å²) in [6.07, 6.45) is 13.1. The monoisotopic (exact) mass is 466 g/mol. The van der Waals surface area contributed by atoms with Crippen molar-refractivity contribution in [2.75, 3.05) is 20.2 Å². The summed E-state index contributed by atoms with van der Waals surface area (Å²) in [6, 6.07) is 7.44. The third kappa shape index (κ3) is 4.41. The zero-order valence-electron chi connectivity index (χ0n) is 21.1. The van der Waals surface area contributed by atoms with Gasteiger partial charge in [-0.2, -0.15) is 0 Å². The second-order valence-corrected chi connectivity index (χ2v) is 11.5. The molecule has 1 aromatic carbocycles. The van der Waals surface area contributed by atoms with Crippen LogP contribution in [-0.4, -0.2) is 43.0 Å². The van der Waals surface area contributed by atoms with Crippen LogP contribution in [0.1, 0.15) is 94.6 Å². The van der Waals surface area contributed by atoms with Crippen molar-refractivity contribution in [3.63, 3.8) is 0 Å². The molecule has 1 saturated heterocycles. The summed E-state index contributed by atoms with van der Waals surface area (Å²) in [5.41, 5.74) is 3.56. The van der Waals surface area contributed by atoms with E-state index in [4.69, 9.17) is 4.74 Å². The van der Waals surface area contributed by atoms with Crippen LogP contribution in [0.3, 0.4) is 0 Å². The Morgan fingerprint density at radius 2 is 1.79 bits per heavy atom. The molecule has 0 spiro atoms. The molecule has 1 N–H and O–H groups in total. The van der Waals surface area contributed by atoms with Crippen molar-refractivity contribution in [3.8, 4) is 5.75 Å². The predicted octanol–water partition coefficient (Wildman–Crippen LogP) is 5.22. The molecule has 34 heavy (non-hydrogen) atoms. The molecule has 0 bridgehead atoms. The summed E-state index contributed by atoms with van der Waals surface area (Å²) in [5, 5.41) is 3.96. The SMILES string of the molecule is COc1ccc2c(c1)CC[C@@H]1[C@@H]2CC[C@]2(C)[C@@H](NCCCCCCN3C(=O)CCC3=O)CC[C@@H]12. The number of fused-ring (bicyclic) bond motifs is 5. The van der Waals surface area contributed by atoms with Crippen LogP contribution >= 0.6 is 0 Å². The Balaban J connectivity index is 1.08. The first-order chi connectivity index (χ1) is 16.5. The van der Waals surface area contributed by atoms with Crippen molar-refractivity contribution in [3.05, 3.63) is 29.3 Å². The van der Waals surface area contributed by atoms with Gasteiger partial charge in [-0.1, -0.05) is 25.8 Å². The Hall–Kier alpha value is -1.88. The summed E-state index contributed by atoms with van der Waals surface area (Å²) in [5.74, 6) is 3.46. The van der Waals surface area contributed by atoms with Gasteiger partial charge in [-0.15, -0.1) is 0 Å². The van der Waals surface area contributed by atoms with Gasteiger partial charge >= 0.3 is 0 Å². The van der Waals surface area contributed by atoms with Crippen LogP contribution in [0.5, 0.6) is 5.75 Å². The molecule has 5 rings (SSSR count). The lowest BCUT2D eigenvalue weighted by atomic mass is 9.55. The number of nitrogens with one attached hydrogen (secondary N) is 1. The number of carbonyl (C=O) groups excluding carboxylic acids is 2. The minimum absolute atomic E-state index is 0.0200. The number of amides is 2. The predicted molar refractivity (Wildman–Crippen MR) is 134 cm³/mol. The molecule has 0 unspecified atom stereocenters. The fraction of sp³-hybridized carbons (Fsp3) is 0.724. The maximum absolute atomic E-state index is 11.7. The highest BCUT2D eigenvalue weighted by molar-refractivity contribution is 6.01. The number of hydrogen-bond donors (Lipinski definition) is 1. The molecule has 5 heteroatoms. The van der Waals surface area contributed by atoms with Crippen molar-refractivity contribution in [2.45, 2.75) is 95.9 Å². The van der Waals surface area contributed by atoms with E-state index in [9.17, 15) is 9.59 Å². The largest absolute Gasteiger partial charge is 0.497 e. The van der Waals surface area contributed by atoms with Gasteiger partial charge in [-0.25, -0.2) is 0 Å². The molecule has 3 fully saturated rings. The fourth-order valence-corrected chi connectivity index (χ4v) is 7.92. The van der Waals surface area contributed by atoms with E-state index in [0.29, 0.717) is 30.8 Å². The summed E-state index contributed by atoms with van der Waals surface area (Å²) >= 11 is 0. The zero-order chi connectivity index (χ0) is 23.7. The normalized spacial score (nSPS) is 32.5. The van der Waals surface area contributed by atoms with E-state index in [0.717, 1.165) is 42.9 Å². The number of imide groups is 1. The van der Waals surface area contributed by atoms with Gasteiger partial charge in [-0.05, 0) is 104 Å². The standard InChI is InChI=1S/C29H42N2O3/c1-29-16-15-23-22-10-8-21(34-2)19-20(22)7-9-24(23)25(29)11-12-26(29)30-17-5-3-4-6-18-31-27(32)13-14-28(31)33/h8,10,19,23-26,30H,3-7,9,11-18H2,1-2H3/t23-,24-,25+,26+,29+/m1/s1. The lowest BCUT2D eigenvalue weighted by molar-refractivity contribution is -0.138. The van der Waals surface area contributed by atoms with Crippen LogP contribution in [0.25, 0.3) is 0 Å². The second kappa shape index (κ2) is 10.0. The molecule has 1 heterocycles. The van der Waals surface area contributed by atoms with Gasteiger partial charge in [0.15, 0.2) is 0 Å². The quantitative estimate of drug-likeness (QED) is 0.400. The smallest absolute Gasteiger partial charge is 0.229 e. The van der Waals surface area contributed by atoms with Gasteiger partial charge in [0.2, 0.25) is 11.8 Å². The zero-order valence-corrected chi connectivity index (χ0v) is 21.1. The molecule has 1 aliphatic heterocycles. The van der Waals surface area contributed by atoms with Crippen LogP contribution in [0.15, 0.2) is 18.2 Å². The molecule has 2 amide bonds. The van der Waals surface area contributed by atoms with E-state index < -0.39 is 0 Å². The van der Waals surface area contributed by atoms with Gasteiger partial charge in [-0.3, -0.25) is 14.5 Å². The first kappa shape index (κ1) is 23.8. The summed E-state index contributed by atoms with van der Waals surface area (Å²) in [6.45, 7) is 4.28. The minimum Gasteiger partial charge on any atom is -0.497 e. The van der Waals surface area contributed by atoms with Crippen molar-refractivity contribution in [1.82, 2.24) is 10.2 Å². The van der Waals surface area contributed by atoms with E-state index in [1.807, 2.05) is 0 Å².